The Labute approximate surface area is 69.2 Å². The fourth-order valence-corrected chi connectivity index (χ4v) is 0.839. The molecule has 0 bridgehead atoms. The van der Waals surface area contributed by atoms with Gasteiger partial charge in [0.15, 0.2) is 0 Å². The van der Waals surface area contributed by atoms with E-state index < -0.39 is 6.03 Å². The highest BCUT2D eigenvalue weighted by molar-refractivity contribution is 6.33. The molecule has 1 rings (SSSR count). The number of hydrogen-bond acceptors (Lipinski definition) is 1. The topological polar surface area (TPSA) is 57.2 Å². The summed E-state index contributed by atoms with van der Waals surface area (Å²) >= 11 is 5.67. The standard InChI is InChI=1S/C7H6ClN2O/c8-5-3-1-2-4-6(5)10-7(9)11/h1-4H,(H2,9,11). The van der Waals surface area contributed by atoms with Gasteiger partial charge in [-0.25, -0.2) is 4.79 Å². The van der Waals surface area contributed by atoms with Gasteiger partial charge in [-0.3, -0.25) is 0 Å². The molecule has 0 aliphatic rings. The summed E-state index contributed by atoms with van der Waals surface area (Å²) in [5.74, 6) is 0. The van der Waals surface area contributed by atoms with Crippen LogP contribution in [0.1, 0.15) is 0 Å². The van der Waals surface area contributed by atoms with Crippen molar-refractivity contribution in [3.05, 3.63) is 29.3 Å². The number of benzene rings is 1. The minimum absolute atomic E-state index is 0.404. The summed E-state index contributed by atoms with van der Waals surface area (Å²) in [6.45, 7) is 0. The molecule has 1 aromatic rings. The number of nitrogens with zero attached hydrogens (tertiary/aromatic N) is 1. The molecule has 1 aromatic carbocycles. The Bertz CT molecular complexity index is 275. The number of para-hydroxylation sites is 1. The predicted octanol–water partition coefficient (Wildman–Crippen LogP) is 1.65. The smallest absolute Gasteiger partial charge is 0.338 e. The third kappa shape index (κ3) is 2.13. The van der Waals surface area contributed by atoms with Gasteiger partial charge in [0, 0.05) is 0 Å². The van der Waals surface area contributed by atoms with Crippen LogP contribution in [0.2, 0.25) is 5.02 Å². The van der Waals surface area contributed by atoms with Crippen LogP contribution < -0.4 is 11.1 Å². The van der Waals surface area contributed by atoms with E-state index in [1.165, 1.54) is 0 Å². The summed E-state index contributed by atoms with van der Waals surface area (Å²) in [5, 5.41) is 3.89. The quantitative estimate of drug-likeness (QED) is 0.683. The lowest BCUT2D eigenvalue weighted by Gasteiger charge is -1.98. The van der Waals surface area contributed by atoms with Gasteiger partial charge in [-0.2, -0.15) is 5.32 Å². The van der Waals surface area contributed by atoms with Gasteiger partial charge in [-0.05, 0) is 12.1 Å². The van der Waals surface area contributed by atoms with Crippen molar-refractivity contribution in [3.8, 4) is 0 Å². The number of urea groups is 1. The lowest BCUT2D eigenvalue weighted by molar-refractivity contribution is 0.252. The number of hydrogen-bond donors (Lipinski definition) is 1. The van der Waals surface area contributed by atoms with Crippen LogP contribution in [0.15, 0.2) is 24.3 Å². The minimum Gasteiger partial charge on any atom is -0.350 e. The maximum atomic E-state index is 10.3. The molecule has 0 aromatic heterocycles. The van der Waals surface area contributed by atoms with E-state index in [2.05, 4.69) is 5.32 Å². The monoisotopic (exact) mass is 169 g/mol. The number of primary amides is 1. The average molecular weight is 170 g/mol. The van der Waals surface area contributed by atoms with Crippen LogP contribution >= 0.6 is 11.6 Å². The average Bonchev–Trinajstić information content (AvgIpc) is 1.93. The molecular formula is C7H6ClN2O. The number of carbonyl (C=O) groups is 1. The third-order valence-electron chi connectivity index (χ3n) is 1.08. The first kappa shape index (κ1) is 7.88. The van der Waals surface area contributed by atoms with Gasteiger partial charge in [-0.15, -0.1) is 0 Å². The van der Waals surface area contributed by atoms with Crippen LogP contribution in [-0.4, -0.2) is 6.03 Å². The van der Waals surface area contributed by atoms with Crippen molar-refractivity contribution in [2.75, 3.05) is 0 Å². The third-order valence-corrected chi connectivity index (χ3v) is 1.40. The molecule has 0 saturated carbocycles. The summed E-state index contributed by atoms with van der Waals surface area (Å²) in [5.41, 5.74) is 5.23. The summed E-state index contributed by atoms with van der Waals surface area (Å²) in [4.78, 5) is 10.3. The zero-order chi connectivity index (χ0) is 8.27. The summed E-state index contributed by atoms with van der Waals surface area (Å²) in [6.07, 6.45) is 0. The Kier molecular flexibility index (Phi) is 2.33. The highest BCUT2D eigenvalue weighted by Gasteiger charge is 2.01. The molecule has 57 valence electrons. The van der Waals surface area contributed by atoms with E-state index in [1.807, 2.05) is 0 Å². The first-order valence-electron chi connectivity index (χ1n) is 2.96. The SMILES string of the molecule is NC(=O)[N]c1ccccc1Cl. The van der Waals surface area contributed by atoms with E-state index in [-0.39, 0.29) is 0 Å². The lowest BCUT2D eigenvalue weighted by atomic mass is 10.3. The van der Waals surface area contributed by atoms with Crippen molar-refractivity contribution in [1.29, 1.82) is 0 Å². The largest absolute Gasteiger partial charge is 0.350 e. The van der Waals surface area contributed by atoms with Gasteiger partial charge in [0.05, 0.1) is 10.7 Å². The van der Waals surface area contributed by atoms with Crippen molar-refractivity contribution in [2.24, 2.45) is 5.73 Å². The number of rotatable bonds is 1. The van der Waals surface area contributed by atoms with E-state index >= 15 is 0 Å². The van der Waals surface area contributed by atoms with Gasteiger partial charge in [0.25, 0.3) is 0 Å². The molecule has 0 saturated heterocycles. The van der Waals surface area contributed by atoms with Gasteiger partial charge < -0.3 is 5.73 Å². The summed E-state index contributed by atoms with van der Waals surface area (Å²) in [6, 6.07) is 6.00. The highest BCUT2D eigenvalue weighted by Crippen LogP contribution is 2.19. The van der Waals surface area contributed by atoms with Crippen molar-refractivity contribution in [1.82, 2.24) is 5.32 Å². The van der Waals surface area contributed by atoms with Crippen molar-refractivity contribution < 1.29 is 4.79 Å². The molecule has 4 heteroatoms. The van der Waals surface area contributed by atoms with Crippen LogP contribution in [0.3, 0.4) is 0 Å². The number of halogens is 1. The zero-order valence-electron chi connectivity index (χ0n) is 5.62. The zero-order valence-corrected chi connectivity index (χ0v) is 6.38. The maximum Gasteiger partial charge on any atom is 0.338 e. The minimum atomic E-state index is -0.738. The molecule has 1 radical (unpaired) electrons. The van der Waals surface area contributed by atoms with E-state index in [0.717, 1.165) is 0 Å². The Morgan fingerprint density at radius 2 is 2.09 bits per heavy atom. The molecular weight excluding hydrogens is 164 g/mol. The molecule has 0 aliphatic heterocycles. The second kappa shape index (κ2) is 3.25. The van der Waals surface area contributed by atoms with Gasteiger partial charge in [-0.1, -0.05) is 23.7 Å². The predicted molar refractivity (Wildman–Crippen MR) is 42.8 cm³/mol. The second-order valence-corrected chi connectivity index (χ2v) is 2.31. The number of amides is 2. The van der Waals surface area contributed by atoms with E-state index in [0.29, 0.717) is 10.7 Å². The van der Waals surface area contributed by atoms with Gasteiger partial charge in [0.2, 0.25) is 0 Å². The molecule has 0 fully saturated rings. The fraction of sp³-hybridized carbons (Fsp3) is 0. The molecule has 2 N–H and O–H groups in total. The van der Waals surface area contributed by atoms with Gasteiger partial charge >= 0.3 is 6.03 Å². The highest BCUT2D eigenvalue weighted by atomic mass is 35.5. The molecule has 0 heterocycles. The maximum absolute atomic E-state index is 10.3. The summed E-state index contributed by atoms with van der Waals surface area (Å²) < 4.78 is 0. The summed E-state index contributed by atoms with van der Waals surface area (Å²) in [7, 11) is 0. The lowest BCUT2D eigenvalue weighted by Crippen LogP contribution is -2.18. The molecule has 0 unspecified atom stereocenters. The second-order valence-electron chi connectivity index (χ2n) is 1.90. The van der Waals surface area contributed by atoms with Crippen molar-refractivity contribution >= 4 is 23.3 Å². The first-order valence-corrected chi connectivity index (χ1v) is 3.33. The van der Waals surface area contributed by atoms with E-state index in [1.54, 1.807) is 24.3 Å². The molecule has 2 amide bonds. The van der Waals surface area contributed by atoms with Crippen LogP contribution in [-0.2, 0) is 0 Å². The Balaban J connectivity index is 2.86. The Morgan fingerprint density at radius 1 is 1.45 bits per heavy atom. The van der Waals surface area contributed by atoms with Crippen LogP contribution in [0.5, 0.6) is 0 Å². The fourth-order valence-electron chi connectivity index (χ4n) is 0.661. The molecule has 3 nitrogen and oxygen atoms in total. The van der Waals surface area contributed by atoms with Crippen LogP contribution in [0.4, 0.5) is 10.5 Å². The van der Waals surface area contributed by atoms with E-state index in [4.69, 9.17) is 17.3 Å². The van der Waals surface area contributed by atoms with Crippen LogP contribution in [0.25, 0.3) is 0 Å². The molecule has 11 heavy (non-hydrogen) atoms. The number of carbonyl (C=O) groups excluding carboxylic acids is 1. The Hall–Kier alpha value is -1.22. The first-order chi connectivity index (χ1) is 5.20. The molecule has 0 atom stereocenters. The molecule has 0 spiro atoms. The normalized spacial score (nSPS) is 9.18. The van der Waals surface area contributed by atoms with Crippen LogP contribution in [0, 0.1) is 0 Å². The molecule has 0 aliphatic carbocycles. The van der Waals surface area contributed by atoms with Gasteiger partial charge in [0.1, 0.15) is 0 Å². The van der Waals surface area contributed by atoms with Crippen molar-refractivity contribution in [3.63, 3.8) is 0 Å². The Morgan fingerprint density at radius 3 is 2.64 bits per heavy atom. The number of nitrogens with two attached hydrogens (primary N) is 1. The van der Waals surface area contributed by atoms with Crippen molar-refractivity contribution in [2.45, 2.75) is 0 Å². The van der Waals surface area contributed by atoms with E-state index in [9.17, 15) is 4.79 Å².